The summed E-state index contributed by atoms with van der Waals surface area (Å²) in [6, 6.07) is 6.81. The van der Waals surface area contributed by atoms with Crippen molar-refractivity contribution in [3.05, 3.63) is 60.6 Å². The third-order valence-electron chi connectivity index (χ3n) is 4.62. The summed E-state index contributed by atoms with van der Waals surface area (Å²) in [7, 11) is 2.11. The Bertz CT molecular complexity index is 695. The van der Waals surface area contributed by atoms with E-state index in [1.807, 2.05) is 0 Å². The first-order chi connectivity index (χ1) is 10.6. The second-order valence-corrected chi connectivity index (χ2v) is 5.91. The lowest BCUT2D eigenvalue weighted by Gasteiger charge is -2.46. The van der Waals surface area contributed by atoms with Crippen LogP contribution in [0.15, 0.2) is 55.1 Å². The number of hydrogen-bond donors (Lipinski definition) is 1. The summed E-state index contributed by atoms with van der Waals surface area (Å²) in [6.45, 7) is 15.2. The summed E-state index contributed by atoms with van der Waals surface area (Å²) in [5.41, 5.74) is 9.86. The van der Waals surface area contributed by atoms with Crippen molar-refractivity contribution in [2.24, 2.45) is 0 Å². The van der Waals surface area contributed by atoms with Crippen molar-refractivity contribution in [1.82, 2.24) is 5.32 Å². The average Bonchev–Trinajstić information content (AvgIpc) is 2.54. The Morgan fingerprint density at radius 1 is 1.41 bits per heavy atom. The summed E-state index contributed by atoms with van der Waals surface area (Å²) < 4.78 is 0. The van der Waals surface area contributed by atoms with E-state index in [0.29, 0.717) is 0 Å². The van der Waals surface area contributed by atoms with E-state index in [1.165, 1.54) is 16.9 Å². The van der Waals surface area contributed by atoms with Gasteiger partial charge >= 0.3 is 0 Å². The molecule has 1 aromatic rings. The van der Waals surface area contributed by atoms with Crippen LogP contribution in [0, 0.1) is 0 Å². The molecular formula is C19H23N3. The van der Waals surface area contributed by atoms with Crippen LogP contribution in [0.25, 0.3) is 5.70 Å². The van der Waals surface area contributed by atoms with Crippen molar-refractivity contribution in [3.8, 4) is 0 Å². The van der Waals surface area contributed by atoms with Crippen molar-refractivity contribution >= 4 is 17.1 Å². The van der Waals surface area contributed by atoms with Gasteiger partial charge in [0.05, 0.1) is 17.4 Å². The monoisotopic (exact) mass is 293 g/mol. The number of benzene rings is 1. The number of piperidine rings is 1. The summed E-state index contributed by atoms with van der Waals surface area (Å²) in [5.74, 6) is 0. The van der Waals surface area contributed by atoms with E-state index >= 15 is 0 Å². The minimum absolute atomic E-state index is 0.227. The van der Waals surface area contributed by atoms with Crippen LogP contribution in [0.5, 0.6) is 0 Å². The fourth-order valence-corrected chi connectivity index (χ4v) is 3.17. The number of allylic oxidation sites excluding steroid dienone is 1. The van der Waals surface area contributed by atoms with Crippen molar-refractivity contribution < 1.29 is 0 Å². The molecule has 1 saturated heterocycles. The zero-order valence-corrected chi connectivity index (χ0v) is 13.4. The molecular weight excluding hydrogens is 270 g/mol. The molecule has 114 valence electrons. The van der Waals surface area contributed by atoms with Gasteiger partial charge in [0.1, 0.15) is 0 Å². The van der Waals surface area contributed by atoms with Crippen LogP contribution >= 0.6 is 0 Å². The van der Waals surface area contributed by atoms with Crippen LogP contribution in [-0.2, 0) is 0 Å². The molecule has 3 nitrogen and oxygen atoms in total. The first-order valence-corrected chi connectivity index (χ1v) is 7.75. The topological polar surface area (TPSA) is 18.5 Å². The Hall–Kier alpha value is -2.38. The number of rotatable bonds is 3. The zero-order valence-electron chi connectivity index (χ0n) is 13.4. The Labute approximate surface area is 132 Å². The molecule has 0 spiro atoms. The van der Waals surface area contributed by atoms with Crippen molar-refractivity contribution in [1.29, 1.82) is 0 Å². The smallest absolute Gasteiger partial charge is 0.0820 e. The van der Waals surface area contributed by atoms with Gasteiger partial charge < -0.3 is 15.1 Å². The minimum atomic E-state index is 0.227. The number of anilines is 2. The van der Waals surface area contributed by atoms with Gasteiger partial charge in [0.25, 0.3) is 0 Å². The van der Waals surface area contributed by atoms with Gasteiger partial charge in [-0.3, -0.25) is 0 Å². The highest BCUT2D eigenvalue weighted by Gasteiger charge is 2.37. The Kier molecular flexibility index (Phi) is 3.59. The van der Waals surface area contributed by atoms with Crippen molar-refractivity contribution in [2.75, 3.05) is 23.4 Å². The van der Waals surface area contributed by atoms with E-state index in [1.54, 1.807) is 0 Å². The van der Waals surface area contributed by atoms with Crippen molar-refractivity contribution in [2.45, 2.75) is 25.8 Å². The highest BCUT2D eigenvalue weighted by Crippen LogP contribution is 2.47. The van der Waals surface area contributed by atoms with E-state index < -0.39 is 0 Å². The van der Waals surface area contributed by atoms with E-state index in [2.05, 4.69) is 72.8 Å². The van der Waals surface area contributed by atoms with Crippen LogP contribution in [0.2, 0.25) is 0 Å². The molecule has 1 N–H and O–H groups in total. The summed E-state index contributed by atoms with van der Waals surface area (Å²) in [4.78, 5) is 4.54. The fraction of sp³-hybridized carbons (Fsp3) is 0.316. The lowest BCUT2D eigenvalue weighted by molar-refractivity contribution is 0.569. The normalized spacial score (nSPS) is 20.0. The van der Waals surface area contributed by atoms with Crippen LogP contribution in [0.4, 0.5) is 11.4 Å². The predicted molar refractivity (Wildman–Crippen MR) is 94.8 cm³/mol. The van der Waals surface area contributed by atoms with E-state index in [9.17, 15) is 0 Å². The molecule has 2 aliphatic rings. The molecule has 3 rings (SSSR count). The molecule has 1 fully saturated rings. The quantitative estimate of drug-likeness (QED) is 0.854. The number of nitrogens with zero attached hydrogens (tertiary/aromatic N) is 2. The summed E-state index contributed by atoms with van der Waals surface area (Å²) in [6.07, 6.45) is 1.97. The molecule has 0 radical (unpaired) electrons. The van der Waals surface area contributed by atoms with Crippen LogP contribution in [0.1, 0.15) is 25.3 Å². The van der Waals surface area contributed by atoms with Gasteiger partial charge in [-0.25, -0.2) is 0 Å². The first-order valence-electron chi connectivity index (χ1n) is 7.75. The Balaban J connectivity index is 1.95. The molecule has 2 aliphatic heterocycles. The highest BCUT2D eigenvalue weighted by molar-refractivity contribution is 5.98. The molecule has 1 aromatic carbocycles. The molecule has 3 heteroatoms. The minimum Gasteiger partial charge on any atom is -0.375 e. The molecule has 0 amide bonds. The number of nitrogens with one attached hydrogen (secondary N) is 1. The largest absolute Gasteiger partial charge is 0.375 e. The summed E-state index contributed by atoms with van der Waals surface area (Å²) in [5, 5.41) is 3.32. The first kappa shape index (κ1) is 14.6. The van der Waals surface area contributed by atoms with E-state index in [4.69, 9.17) is 0 Å². The standard InChI is InChI=1S/C19H23N3/c1-6-17-18(11-8-13(3)20-17)22-14(4)16-10-9-15(12-19(16)22)21(5)7-2/h9-10,12,18,20H,1,3-4,7-8,11H2,2,5H3. The third kappa shape index (κ3) is 2.15. The van der Waals surface area contributed by atoms with Crippen molar-refractivity contribution in [3.63, 3.8) is 0 Å². The molecule has 0 aliphatic carbocycles. The van der Waals surface area contributed by atoms with Gasteiger partial charge in [0.15, 0.2) is 0 Å². The second-order valence-electron chi connectivity index (χ2n) is 5.91. The summed E-state index contributed by atoms with van der Waals surface area (Å²) >= 11 is 0. The van der Waals surface area contributed by atoms with Gasteiger partial charge in [-0.15, -0.1) is 5.73 Å². The Morgan fingerprint density at radius 3 is 2.86 bits per heavy atom. The molecule has 22 heavy (non-hydrogen) atoms. The maximum Gasteiger partial charge on any atom is 0.0820 e. The number of hydrogen-bond acceptors (Lipinski definition) is 3. The maximum atomic E-state index is 4.24. The molecule has 1 unspecified atom stereocenters. The van der Waals surface area contributed by atoms with Crippen LogP contribution in [-0.4, -0.2) is 19.6 Å². The van der Waals surface area contributed by atoms with Gasteiger partial charge in [0, 0.05) is 36.2 Å². The predicted octanol–water partition coefficient (Wildman–Crippen LogP) is 3.87. The van der Waals surface area contributed by atoms with Crippen LogP contribution in [0.3, 0.4) is 0 Å². The third-order valence-corrected chi connectivity index (χ3v) is 4.62. The van der Waals surface area contributed by atoms with Gasteiger partial charge in [-0.2, -0.15) is 0 Å². The lowest BCUT2D eigenvalue weighted by atomic mass is 9.91. The Morgan fingerprint density at radius 2 is 2.18 bits per heavy atom. The molecule has 0 saturated carbocycles. The molecule has 0 aromatic heterocycles. The lowest BCUT2D eigenvalue weighted by Crippen LogP contribution is -2.46. The SMILES string of the molecule is C=C=C1NC(=C)CCC1N1C(=C)c2ccc(N(C)CC)cc21. The highest BCUT2D eigenvalue weighted by atomic mass is 15.3. The molecule has 0 bridgehead atoms. The molecule has 1 atom stereocenters. The van der Waals surface area contributed by atoms with E-state index in [-0.39, 0.29) is 6.04 Å². The molecule has 2 heterocycles. The second kappa shape index (κ2) is 5.43. The van der Waals surface area contributed by atoms with Gasteiger partial charge in [0.2, 0.25) is 0 Å². The van der Waals surface area contributed by atoms with E-state index in [0.717, 1.165) is 36.5 Å². The average molecular weight is 293 g/mol. The number of fused-ring (bicyclic) bond motifs is 1. The fourth-order valence-electron chi connectivity index (χ4n) is 3.17. The maximum absolute atomic E-state index is 4.24. The zero-order chi connectivity index (χ0) is 15.9. The van der Waals surface area contributed by atoms with Crippen LogP contribution < -0.4 is 15.1 Å². The van der Waals surface area contributed by atoms with Gasteiger partial charge in [-0.1, -0.05) is 19.7 Å². The van der Waals surface area contributed by atoms with Gasteiger partial charge in [-0.05, 0) is 38.0 Å².